The molecule has 0 aliphatic rings. The smallest absolute Gasteiger partial charge is 0.251 e. The molecule has 0 saturated carbocycles. The number of nitrogens with one attached hydrogen (secondary N) is 2. The SMILES string of the molecule is CCC(C)C(O)CNC(=O)CNC(=O)c1ccccc1. The molecule has 0 fully saturated rings. The molecule has 0 spiro atoms. The van der Waals surface area contributed by atoms with E-state index in [1.807, 2.05) is 19.9 Å². The van der Waals surface area contributed by atoms with Crippen LogP contribution >= 0.6 is 0 Å². The maximum Gasteiger partial charge on any atom is 0.251 e. The maximum atomic E-state index is 11.7. The summed E-state index contributed by atoms with van der Waals surface area (Å²) in [5, 5.41) is 14.9. The Balaban J connectivity index is 2.28. The zero-order valence-electron chi connectivity index (χ0n) is 11.9. The number of carbonyl (C=O) groups excluding carboxylic acids is 2. The van der Waals surface area contributed by atoms with E-state index < -0.39 is 6.10 Å². The van der Waals surface area contributed by atoms with Crippen LogP contribution in [-0.4, -0.2) is 36.1 Å². The van der Waals surface area contributed by atoms with E-state index in [1.54, 1.807) is 24.3 Å². The summed E-state index contributed by atoms with van der Waals surface area (Å²) in [6.07, 6.45) is 0.288. The molecule has 1 aromatic rings. The molecule has 110 valence electrons. The lowest BCUT2D eigenvalue weighted by Gasteiger charge is -2.17. The highest BCUT2D eigenvalue weighted by Gasteiger charge is 2.13. The number of aliphatic hydroxyl groups is 1. The molecule has 0 radical (unpaired) electrons. The van der Waals surface area contributed by atoms with Gasteiger partial charge >= 0.3 is 0 Å². The van der Waals surface area contributed by atoms with Gasteiger partial charge in [0, 0.05) is 12.1 Å². The molecular weight excluding hydrogens is 256 g/mol. The van der Waals surface area contributed by atoms with Gasteiger partial charge < -0.3 is 15.7 Å². The second kappa shape index (κ2) is 8.32. The van der Waals surface area contributed by atoms with Gasteiger partial charge in [0.25, 0.3) is 5.91 Å². The molecule has 1 aromatic carbocycles. The summed E-state index contributed by atoms with van der Waals surface area (Å²) in [6, 6.07) is 8.70. The van der Waals surface area contributed by atoms with Crippen molar-refractivity contribution in [1.82, 2.24) is 10.6 Å². The Hall–Kier alpha value is -1.88. The first-order chi connectivity index (χ1) is 9.54. The van der Waals surface area contributed by atoms with Crippen molar-refractivity contribution in [3.63, 3.8) is 0 Å². The number of hydrogen-bond acceptors (Lipinski definition) is 3. The molecule has 0 bridgehead atoms. The van der Waals surface area contributed by atoms with Gasteiger partial charge in [-0.3, -0.25) is 9.59 Å². The number of hydrogen-bond donors (Lipinski definition) is 3. The highest BCUT2D eigenvalue weighted by Crippen LogP contribution is 2.05. The molecule has 2 unspecified atom stereocenters. The zero-order valence-corrected chi connectivity index (χ0v) is 11.9. The van der Waals surface area contributed by atoms with Gasteiger partial charge in [0.15, 0.2) is 0 Å². The molecule has 5 heteroatoms. The Labute approximate surface area is 119 Å². The van der Waals surface area contributed by atoms with E-state index in [2.05, 4.69) is 10.6 Å². The van der Waals surface area contributed by atoms with E-state index in [0.29, 0.717) is 5.56 Å². The van der Waals surface area contributed by atoms with Crippen LogP contribution in [-0.2, 0) is 4.79 Å². The number of benzene rings is 1. The van der Waals surface area contributed by atoms with Gasteiger partial charge in [-0.1, -0.05) is 38.5 Å². The predicted octanol–water partition coefficient (Wildman–Crippen LogP) is 0.940. The summed E-state index contributed by atoms with van der Waals surface area (Å²) in [4.78, 5) is 23.3. The number of carbonyl (C=O) groups is 2. The Morgan fingerprint density at radius 2 is 1.85 bits per heavy atom. The van der Waals surface area contributed by atoms with Gasteiger partial charge in [-0.05, 0) is 18.1 Å². The van der Waals surface area contributed by atoms with E-state index in [9.17, 15) is 14.7 Å². The van der Waals surface area contributed by atoms with Gasteiger partial charge in [0.1, 0.15) is 0 Å². The first-order valence-electron chi connectivity index (χ1n) is 6.82. The van der Waals surface area contributed by atoms with Crippen molar-refractivity contribution in [3.8, 4) is 0 Å². The highest BCUT2D eigenvalue weighted by molar-refractivity contribution is 5.96. The molecule has 1 rings (SSSR count). The Morgan fingerprint density at radius 3 is 2.45 bits per heavy atom. The number of aliphatic hydroxyl groups excluding tert-OH is 1. The minimum absolute atomic E-state index is 0.0963. The second-order valence-electron chi connectivity index (χ2n) is 4.81. The summed E-state index contributed by atoms with van der Waals surface area (Å²) in [7, 11) is 0. The molecule has 5 nitrogen and oxygen atoms in total. The van der Waals surface area contributed by atoms with Crippen LogP contribution in [0.5, 0.6) is 0 Å². The number of rotatable bonds is 7. The standard InChI is InChI=1S/C15H22N2O3/c1-3-11(2)13(18)9-16-14(19)10-17-15(20)12-7-5-4-6-8-12/h4-8,11,13,18H,3,9-10H2,1-2H3,(H,16,19)(H,17,20). The third-order valence-corrected chi connectivity index (χ3v) is 3.25. The van der Waals surface area contributed by atoms with Crippen molar-refractivity contribution in [2.24, 2.45) is 5.92 Å². The van der Waals surface area contributed by atoms with Crippen LogP contribution in [0.4, 0.5) is 0 Å². The third kappa shape index (κ3) is 5.40. The van der Waals surface area contributed by atoms with Gasteiger partial charge in [-0.25, -0.2) is 0 Å². The van der Waals surface area contributed by atoms with Gasteiger partial charge in [-0.15, -0.1) is 0 Å². The zero-order chi connectivity index (χ0) is 15.0. The molecule has 2 atom stereocenters. The van der Waals surface area contributed by atoms with Crippen LogP contribution < -0.4 is 10.6 Å². The van der Waals surface area contributed by atoms with Crippen LogP contribution in [0, 0.1) is 5.92 Å². The molecule has 0 heterocycles. The van der Waals surface area contributed by atoms with Gasteiger partial charge in [-0.2, -0.15) is 0 Å². The second-order valence-corrected chi connectivity index (χ2v) is 4.81. The quantitative estimate of drug-likeness (QED) is 0.694. The monoisotopic (exact) mass is 278 g/mol. The molecule has 20 heavy (non-hydrogen) atoms. The van der Waals surface area contributed by atoms with Gasteiger partial charge in [0.05, 0.1) is 12.6 Å². The topological polar surface area (TPSA) is 78.4 Å². The van der Waals surface area contributed by atoms with E-state index in [1.165, 1.54) is 0 Å². The van der Waals surface area contributed by atoms with Crippen molar-refractivity contribution in [3.05, 3.63) is 35.9 Å². The normalized spacial score (nSPS) is 13.3. The van der Waals surface area contributed by atoms with Crippen molar-refractivity contribution in [2.75, 3.05) is 13.1 Å². The van der Waals surface area contributed by atoms with Gasteiger partial charge in [0.2, 0.25) is 5.91 Å². The molecule has 0 aliphatic heterocycles. The van der Waals surface area contributed by atoms with Crippen molar-refractivity contribution in [2.45, 2.75) is 26.4 Å². The fourth-order valence-corrected chi connectivity index (χ4v) is 1.61. The lowest BCUT2D eigenvalue weighted by molar-refractivity contribution is -0.120. The largest absolute Gasteiger partial charge is 0.391 e. The first kappa shape index (κ1) is 16.2. The van der Waals surface area contributed by atoms with Crippen molar-refractivity contribution in [1.29, 1.82) is 0 Å². The third-order valence-electron chi connectivity index (χ3n) is 3.25. The summed E-state index contributed by atoms with van der Waals surface area (Å²) < 4.78 is 0. The summed E-state index contributed by atoms with van der Waals surface area (Å²) in [5.74, 6) is -0.464. The molecule has 0 saturated heterocycles. The Kier molecular flexibility index (Phi) is 6.73. The van der Waals surface area contributed by atoms with E-state index >= 15 is 0 Å². The van der Waals surface area contributed by atoms with Crippen LogP contribution in [0.1, 0.15) is 30.6 Å². The molecular formula is C15H22N2O3. The van der Waals surface area contributed by atoms with Crippen LogP contribution in [0.25, 0.3) is 0 Å². The predicted molar refractivity (Wildman–Crippen MR) is 77.2 cm³/mol. The van der Waals surface area contributed by atoms with Crippen molar-refractivity contribution >= 4 is 11.8 Å². The summed E-state index contributed by atoms with van der Waals surface area (Å²) >= 11 is 0. The van der Waals surface area contributed by atoms with E-state index in [0.717, 1.165) is 6.42 Å². The number of amides is 2. The molecule has 2 amide bonds. The lowest BCUT2D eigenvalue weighted by Crippen LogP contribution is -2.41. The average Bonchev–Trinajstić information content (AvgIpc) is 2.50. The van der Waals surface area contributed by atoms with E-state index in [-0.39, 0.29) is 30.8 Å². The highest BCUT2D eigenvalue weighted by atomic mass is 16.3. The Bertz CT molecular complexity index is 434. The minimum atomic E-state index is -0.561. The average molecular weight is 278 g/mol. The summed E-state index contributed by atoms with van der Waals surface area (Å²) in [5.41, 5.74) is 0.514. The van der Waals surface area contributed by atoms with Crippen LogP contribution in [0.15, 0.2) is 30.3 Å². The maximum absolute atomic E-state index is 11.7. The molecule has 0 aliphatic carbocycles. The molecule has 0 aromatic heterocycles. The fraction of sp³-hybridized carbons (Fsp3) is 0.467. The lowest BCUT2D eigenvalue weighted by atomic mass is 10.0. The van der Waals surface area contributed by atoms with Crippen LogP contribution in [0.3, 0.4) is 0 Å². The summed E-state index contributed by atoms with van der Waals surface area (Å²) in [6.45, 7) is 4.01. The van der Waals surface area contributed by atoms with E-state index in [4.69, 9.17) is 0 Å². The molecule has 3 N–H and O–H groups in total. The fourth-order valence-electron chi connectivity index (χ4n) is 1.61. The first-order valence-corrected chi connectivity index (χ1v) is 6.82. The minimum Gasteiger partial charge on any atom is -0.391 e. The van der Waals surface area contributed by atoms with Crippen molar-refractivity contribution < 1.29 is 14.7 Å². The van der Waals surface area contributed by atoms with Crippen LogP contribution in [0.2, 0.25) is 0 Å². The Morgan fingerprint density at radius 1 is 1.20 bits per heavy atom.